The molecule has 54 valence electrons. The Balaban J connectivity index is 2.35. The topological polar surface area (TPSA) is 18.5 Å². The van der Waals surface area contributed by atoms with Crippen LogP contribution in [0.15, 0.2) is 0 Å². The Morgan fingerprint density at radius 1 is 1.44 bits per heavy atom. The predicted molar refractivity (Wildman–Crippen MR) is 35.1 cm³/mol. The summed E-state index contributed by atoms with van der Waals surface area (Å²) in [6.45, 7) is 4.27. The van der Waals surface area contributed by atoms with E-state index in [0.717, 1.165) is 6.42 Å². The van der Waals surface area contributed by atoms with E-state index in [0.29, 0.717) is 12.0 Å². The molecule has 0 amide bonds. The molecular formula is C7H14O2. The maximum atomic E-state index is 5.40. The van der Waals surface area contributed by atoms with Crippen LogP contribution in [0.5, 0.6) is 0 Å². The van der Waals surface area contributed by atoms with Gasteiger partial charge in [-0.25, -0.2) is 0 Å². The Morgan fingerprint density at radius 2 is 2.11 bits per heavy atom. The highest BCUT2D eigenvalue weighted by atomic mass is 16.7. The van der Waals surface area contributed by atoms with Crippen LogP contribution in [0.1, 0.15) is 20.3 Å². The third-order valence-corrected chi connectivity index (χ3v) is 1.99. The van der Waals surface area contributed by atoms with Gasteiger partial charge in [0.2, 0.25) is 0 Å². The molecule has 1 aliphatic heterocycles. The standard InChI is InChI=1S/C7H14O2/c1-5-4-7(8-3)9-6(5)2/h5-7H,4H2,1-3H3/t5-,6-,7?/m1/s1. The zero-order valence-corrected chi connectivity index (χ0v) is 6.26. The van der Waals surface area contributed by atoms with Gasteiger partial charge in [-0.15, -0.1) is 0 Å². The summed E-state index contributed by atoms with van der Waals surface area (Å²) in [4.78, 5) is 0. The van der Waals surface area contributed by atoms with Crippen LogP contribution < -0.4 is 0 Å². The SMILES string of the molecule is COC1C[C@@H](C)[C@@H](C)O1. The summed E-state index contributed by atoms with van der Waals surface area (Å²) in [6.07, 6.45) is 1.46. The van der Waals surface area contributed by atoms with Crippen LogP contribution >= 0.6 is 0 Å². The van der Waals surface area contributed by atoms with Crippen molar-refractivity contribution in [1.82, 2.24) is 0 Å². The minimum Gasteiger partial charge on any atom is -0.356 e. The first-order chi connectivity index (χ1) is 4.24. The van der Waals surface area contributed by atoms with E-state index in [1.54, 1.807) is 7.11 Å². The fraction of sp³-hybridized carbons (Fsp3) is 1.00. The second-order valence-electron chi connectivity index (χ2n) is 2.72. The molecule has 0 bridgehead atoms. The Hall–Kier alpha value is -0.0800. The van der Waals surface area contributed by atoms with Crippen molar-refractivity contribution in [3.8, 4) is 0 Å². The summed E-state index contributed by atoms with van der Waals surface area (Å²) < 4.78 is 10.4. The first-order valence-electron chi connectivity index (χ1n) is 3.42. The van der Waals surface area contributed by atoms with Gasteiger partial charge < -0.3 is 9.47 Å². The van der Waals surface area contributed by atoms with Crippen molar-refractivity contribution in [3.05, 3.63) is 0 Å². The highest BCUT2D eigenvalue weighted by molar-refractivity contribution is 4.70. The van der Waals surface area contributed by atoms with E-state index in [9.17, 15) is 0 Å². The van der Waals surface area contributed by atoms with E-state index >= 15 is 0 Å². The summed E-state index contributed by atoms with van der Waals surface area (Å²) in [5.41, 5.74) is 0. The second-order valence-corrected chi connectivity index (χ2v) is 2.72. The number of hydrogen-bond donors (Lipinski definition) is 0. The fourth-order valence-corrected chi connectivity index (χ4v) is 1.08. The molecule has 1 aliphatic rings. The molecule has 3 atom stereocenters. The number of hydrogen-bond acceptors (Lipinski definition) is 2. The van der Waals surface area contributed by atoms with Gasteiger partial charge in [0.25, 0.3) is 0 Å². The van der Waals surface area contributed by atoms with Crippen molar-refractivity contribution in [2.75, 3.05) is 7.11 Å². The van der Waals surface area contributed by atoms with Crippen molar-refractivity contribution in [3.63, 3.8) is 0 Å². The molecule has 1 unspecified atom stereocenters. The zero-order valence-electron chi connectivity index (χ0n) is 6.26. The molecular weight excluding hydrogens is 116 g/mol. The third-order valence-electron chi connectivity index (χ3n) is 1.99. The molecule has 0 spiro atoms. The van der Waals surface area contributed by atoms with Gasteiger partial charge in [0, 0.05) is 13.5 Å². The summed E-state index contributed by atoms with van der Waals surface area (Å²) in [5.74, 6) is 0.648. The normalized spacial score (nSPS) is 43.7. The van der Waals surface area contributed by atoms with Crippen molar-refractivity contribution in [2.24, 2.45) is 5.92 Å². The largest absolute Gasteiger partial charge is 0.356 e. The zero-order chi connectivity index (χ0) is 6.85. The molecule has 2 heteroatoms. The molecule has 2 nitrogen and oxygen atoms in total. The average molecular weight is 130 g/mol. The third kappa shape index (κ3) is 1.43. The molecule has 9 heavy (non-hydrogen) atoms. The van der Waals surface area contributed by atoms with Crippen LogP contribution in [0.3, 0.4) is 0 Å². The van der Waals surface area contributed by atoms with Crippen LogP contribution in [0.2, 0.25) is 0 Å². The lowest BCUT2D eigenvalue weighted by atomic mass is 10.1. The van der Waals surface area contributed by atoms with Crippen molar-refractivity contribution >= 4 is 0 Å². The van der Waals surface area contributed by atoms with Gasteiger partial charge in [0.05, 0.1) is 6.10 Å². The first kappa shape index (κ1) is 7.03. The van der Waals surface area contributed by atoms with Crippen LogP contribution in [0.25, 0.3) is 0 Å². The second kappa shape index (κ2) is 2.67. The van der Waals surface area contributed by atoms with Gasteiger partial charge in [-0.2, -0.15) is 0 Å². The fourth-order valence-electron chi connectivity index (χ4n) is 1.08. The molecule has 0 radical (unpaired) electrons. The number of rotatable bonds is 1. The Labute approximate surface area is 56.2 Å². The van der Waals surface area contributed by atoms with Crippen LogP contribution in [0, 0.1) is 5.92 Å². The van der Waals surface area contributed by atoms with E-state index in [1.807, 2.05) is 0 Å². The average Bonchev–Trinajstić information content (AvgIpc) is 2.13. The highest BCUT2D eigenvalue weighted by Crippen LogP contribution is 2.25. The molecule has 0 aliphatic carbocycles. The lowest BCUT2D eigenvalue weighted by Crippen LogP contribution is -2.10. The molecule has 0 aromatic rings. The highest BCUT2D eigenvalue weighted by Gasteiger charge is 2.28. The maximum absolute atomic E-state index is 5.40. The molecule has 0 N–H and O–H groups in total. The summed E-state index contributed by atoms with van der Waals surface area (Å²) >= 11 is 0. The van der Waals surface area contributed by atoms with Gasteiger partial charge in [-0.1, -0.05) is 6.92 Å². The van der Waals surface area contributed by atoms with E-state index in [1.165, 1.54) is 0 Å². The van der Waals surface area contributed by atoms with Gasteiger partial charge in [0.15, 0.2) is 6.29 Å². The molecule has 1 fully saturated rings. The van der Waals surface area contributed by atoms with Crippen molar-refractivity contribution in [1.29, 1.82) is 0 Å². The van der Waals surface area contributed by atoms with Crippen molar-refractivity contribution in [2.45, 2.75) is 32.7 Å². The summed E-state index contributed by atoms with van der Waals surface area (Å²) in [5, 5.41) is 0. The lowest BCUT2D eigenvalue weighted by molar-refractivity contribution is -0.111. The molecule has 0 saturated carbocycles. The van der Waals surface area contributed by atoms with Gasteiger partial charge in [0.1, 0.15) is 0 Å². The smallest absolute Gasteiger partial charge is 0.157 e. The van der Waals surface area contributed by atoms with Crippen LogP contribution in [-0.2, 0) is 9.47 Å². The quantitative estimate of drug-likeness (QED) is 0.534. The lowest BCUT2D eigenvalue weighted by Gasteiger charge is -2.07. The van der Waals surface area contributed by atoms with Gasteiger partial charge >= 0.3 is 0 Å². The summed E-state index contributed by atoms with van der Waals surface area (Å²) in [6, 6.07) is 0. The van der Waals surface area contributed by atoms with Gasteiger partial charge in [-0.05, 0) is 12.8 Å². The van der Waals surface area contributed by atoms with E-state index in [-0.39, 0.29) is 6.29 Å². The number of methoxy groups -OCH3 is 1. The molecule has 0 aromatic carbocycles. The Bertz CT molecular complexity index is 82.9. The molecule has 1 rings (SSSR count). The van der Waals surface area contributed by atoms with E-state index in [4.69, 9.17) is 9.47 Å². The Morgan fingerprint density at radius 3 is 2.33 bits per heavy atom. The minimum absolute atomic E-state index is 0.0509. The molecule has 1 heterocycles. The van der Waals surface area contributed by atoms with E-state index in [2.05, 4.69) is 13.8 Å². The van der Waals surface area contributed by atoms with Crippen molar-refractivity contribution < 1.29 is 9.47 Å². The Kier molecular flexibility index (Phi) is 2.09. The summed E-state index contributed by atoms with van der Waals surface area (Å²) in [7, 11) is 1.69. The van der Waals surface area contributed by atoms with E-state index < -0.39 is 0 Å². The van der Waals surface area contributed by atoms with Crippen LogP contribution in [0.4, 0.5) is 0 Å². The first-order valence-corrected chi connectivity index (χ1v) is 3.42. The predicted octanol–water partition coefficient (Wildman–Crippen LogP) is 1.40. The van der Waals surface area contributed by atoms with Gasteiger partial charge in [-0.3, -0.25) is 0 Å². The number of ether oxygens (including phenoxy) is 2. The molecule has 1 saturated heterocycles. The minimum atomic E-state index is 0.0509. The molecule has 0 aromatic heterocycles. The monoisotopic (exact) mass is 130 g/mol. The van der Waals surface area contributed by atoms with Crippen LogP contribution in [-0.4, -0.2) is 19.5 Å². The maximum Gasteiger partial charge on any atom is 0.157 e.